The van der Waals surface area contributed by atoms with Crippen LogP contribution >= 0.6 is 0 Å². The van der Waals surface area contributed by atoms with E-state index in [1.807, 2.05) is 95.3 Å². The number of benzene rings is 2. The Morgan fingerprint density at radius 2 is 1.40 bits per heavy atom. The van der Waals surface area contributed by atoms with Gasteiger partial charge in [0, 0.05) is 17.0 Å². The van der Waals surface area contributed by atoms with Crippen molar-refractivity contribution in [3.05, 3.63) is 83.9 Å². The second kappa shape index (κ2) is 8.47. The molecule has 0 N–H and O–H groups in total. The predicted molar refractivity (Wildman–Crippen MR) is 119 cm³/mol. The molecule has 2 aromatic carbocycles. The monoisotopic (exact) mass is 405 g/mol. The van der Waals surface area contributed by atoms with Gasteiger partial charge in [0.1, 0.15) is 0 Å². The van der Waals surface area contributed by atoms with Crippen LogP contribution in [-0.4, -0.2) is 22.9 Å². The van der Waals surface area contributed by atoms with Gasteiger partial charge in [-0.3, -0.25) is 4.79 Å². The number of carbonyl (C=O) groups excluding carboxylic acids is 2. The minimum atomic E-state index is -1.06. The summed E-state index contributed by atoms with van der Waals surface area (Å²) in [5, 5.41) is 0. The SMILES string of the molecule is C=C(C)C(C)C(C)C(=O)N1C(=O)OC(c2ccccc2)(c2ccccc2)C1C(C)C. The molecule has 30 heavy (non-hydrogen) atoms. The van der Waals surface area contributed by atoms with E-state index >= 15 is 0 Å². The lowest BCUT2D eigenvalue weighted by Gasteiger charge is -2.38. The summed E-state index contributed by atoms with van der Waals surface area (Å²) in [6, 6.07) is 19.0. The van der Waals surface area contributed by atoms with Crippen molar-refractivity contribution >= 4 is 12.0 Å². The van der Waals surface area contributed by atoms with Crippen LogP contribution < -0.4 is 0 Å². The van der Waals surface area contributed by atoms with Gasteiger partial charge in [0.05, 0.1) is 6.04 Å². The number of imide groups is 1. The Balaban J connectivity index is 2.19. The van der Waals surface area contributed by atoms with Crippen molar-refractivity contribution in [3.63, 3.8) is 0 Å². The summed E-state index contributed by atoms with van der Waals surface area (Å²) in [6.45, 7) is 13.8. The van der Waals surface area contributed by atoms with E-state index in [4.69, 9.17) is 4.74 Å². The predicted octanol–water partition coefficient (Wildman–Crippen LogP) is 5.78. The van der Waals surface area contributed by atoms with Crippen LogP contribution in [0.2, 0.25) is 0 Å². The third-order valence-corrected chi connectivity index (χ3v) is 6.33. The molecule has 1 saturated heterocycles. The van der Waals surface area contributed by atoms with E-state index < -0.39 is 17.7 Å². The molecule has 2 amide bonds. The molecule has 3 atom stereocenters. The van der Waals surface area contributed by atoms with Crippen LogP contribution in [0.5, 0.6) is 0 Å². The second-order valence-corrected chi connectivity index (χ2v) is 8.66. The minimum absolute atomic E-state index is 0.0202. The van der Waals surface area contributed by atoms with Gasteiger partial charge >= 0.3 is 6.09 Å². The Morgan fingerprint density at radius 1 is 0.933 bits per heavy atom. The molecule has 0 saturated carbocycles. The molecule has 1 fully saturated rings. The Bertz CT molecular complexity index is 880. The number of cyclic esters (lactones) is 1. The molecule has 1 aliphatic rings. The third-order valence-electron chi connectivity index (χ3n) is 6.33. The summed E-state index contributed by atoms with van der Waals surface area (Å²) >= 11 is 0. The maximum atomic E-state index is 13.6. The first-order valence-electron chi connectivity index (χ1n) is 10.5. The molecule has 158 valence electrons. The van der Waals surface area contributed by atoms with Gasteiger partial charge in [-0.1, -0.05) is 101 Å². The topological polar surface area (TPSA) is 46.6 Å². The van der Waals surface area contributed by atoms with Crippen LogP contribution in [0.25, 0.3) is 0 Å². The summed E-state index contributed by atoms with van der Waals surface area (Å²) in [7, 11) is 0. The fourth-order valence-corrected chi connectivity index (χ4v) is 4.39. The average Bonchev–Trinajstić information content (AvgIpc) is 3.07. The third kappa shape index (κ3) is 3.55. The first-order valence-corrected chi connectivity index (χ1v) is 10.5. The highest BCUT2D eigenvalue weighted by molar-refractivity contribution is 5.96. The largest absolute Gasteiger partial charge is 0.430 e. The van der Waals surface area contributed by atoms with Gasteiger partial charge in [-0.05, 0) is 18.8 Å². The summed E-state index contributed by atoms with van der Waals surface area (Å²) < 4.78 is 6.16. The molecule has 2 aromatic rings. The smallest absolute Gasteiger partial charge is 0.418 e. The molecule has 0 radical (unpaired) electrons. The first-order chi connectivity index (χ1) is 14.2. The summed E-state index contributed by atoms with van der Waals surface area (Å²) in [5.74, 6) is -0.656. The van der Waals surface area contributed by atoms with Gasteiger partial charge in [0.2, 0.25) is 5.91 Å². The van der Waals surface area contributed by atoms with Gasteiger partial charge in [0.25, 0.3) is 0 Å². The molecule has 1 aliphatic heterocycles. The number of amides is 2. The molecule has 3 unspecified atom stereocenters. The van der Waals surface area contributed by atoms with Crippen molar-refractivity contribution < 1.29 is 14.3 Å². The van der Waals surface area contributed by atoms with Gasteiger partial charge in [-0.15, -0.1) is 0 Å². The number of hydrogen-bond acceptors (Lipinski definition) is 3. The Labute approximate surface area is 179 Å². The van der Waals surface area contributed by atoms with E-state index in [1.165, 1.54) is 4.90 Å². The lowest BCUT2D eigenvalue weighted by atomic mass is 9.75. The Hall–Kier alpha value is -2.88. The first kappa shape index (κ1) is 21.8. The van der Waals surface area contributed by atoms with Gasteiger partial charge < -0.3 is 4.74 Å². The Morgan fingerprint density at radius 3 is 1.80 bits per heavy atom. The van der Waals surface area contributed by atoms with Gasteiger partial charge in [0.15, 0.2) is 5.60 Å². The highest BCUT2D eigenvalue weighted by Crippen LogP contribution is 2.47. The molecular weight excluding hydrogens is 374 g/mol. The minimum Gasteiger partial charge on any atom is -0.430 e. The number of rotatable bonds is 6. The highest BCUT2D eigenvalue weighted by Gasteiger charge is 2.59. The maximum Gasteiger partial charge on any atom is 0.418 e. The average molecular weight is 406 g/mol. The maximum absolute atomic E-state index is 13.6. The van der Waals surface area contributed by atoms with Crippen LogP contribution in [0, 0.1) is 17.8 Å². The van der Waals surface area contributed by atoms with Crippen LogP contribution in [0.1, 0.15) is 45.7 Å². The fourth-order valence-electron chi connectivity index (χ4n) is 4.39. The standard InChI is InChI=1S/C26H31NO3/c1-17(2)19(5)20(6)24(28)27-23(18(3)4)26(30-25(27)29,21-13-9-7-10-14-21)22-15-11-8-12-16-22/h7-16,18-20,23H,1H2,2-6H3. The van der Waals surface area contributed by atoms with Crippen molar-refractivity contribution in [1.82, 2.24) is 4.90 Å². The van der Waals surface area contributed by atoms with Gasteiger partial charge in [-0.25, -0.2) is 9.69 Å². The molecule has 4 heteroatoms. The van der Waals surface area contributed by atoms with Crippen LogP contribution in [0.3, 0.4) is 0 Å². The molecular formula is C26H31NO3. The zero-order valence-corrected chi connectivity index (χ0v) is 18.5. The quantitative estimate of drug-likeness (QED) is 0.572. The lowest BCUT2D eigenvalue weighted by Crippen LogP contribution is -2.51. The lowest BCUT2D eigenvalue weighted by molar-refractivity contribution is -0.135. The van der Waals surface area contributed by atoms with Crippen LogP contribution in [0.15, 0.2) is 72.8 Å². The normalized spacial score (nSPS) is 20.0. The molecule has 0 aromatic heterocycles. The van der Waals surface area contributed by atoms with E-state index in [1.54, 1.807) is 0 Å². The van der Waals surface area contributed by atoms with Crippen molar-refractivity contribution in [2.24, 2.45) is 17.8 Å². The molecule has 1 heterocycles. The summed E-state index contributed by atoms with van der Waals surface area (Å²) in [4.78, 5) is 28.2. The zero-order chi connectivity index (χ0) is 22.1. The van der Waals surface area contributed by atoms with Crippen LogP contribution in [-0.2, 0) is 15.1 Å². The number of carbonyl (C=O) groups is 2. The molecule has 4 nitrogen and oxygen atoms in total. The van der Waals surface area contributed by atoms with E-state index in [2.05, 4.69) is 6.58 Å². The van der Waals surface area contributed by atoms with E-state index in [0.29, 0.717) is 0 Å². The Kier molecular flexibility index (Phi) is 6.16. The van der Waals surface area contributed by atoms with Crippen molar-refractivity contribution in [2.45, 2.75) is 46.3 Å². The number of hydrogen-bond donors (Lipinski definition) is 0. The zero-order valence-electron chi connectivity index (χ0n) is 18.5. The number of allylic oxidation sites excluding steroid dienone is 1. The molecule has 0 spiro atoms. The summed E-state index contributed by atoms with van der Waals surface area (Å²) in [5.41, 5.74) is 1.58. The van der Waals surface area contributed by atoms with Crippen LogP contribution in [0.4, 0.5) is 4.79 Å². The summed E-state index contributed by atoms with van der Waals surface area (Å²) in [6.07, 6.45) is -0.591. The number of ether oxygens (including phenoxy) is 1. The van der Waals surface area contributed by atoms with Crippen molar-refractivity contribution in [2.75, 3.05) is 0 Å². The number of nitrogens with zero attached hydrogens (tertiary/aromatic N) is 1. The highest BCUT2D eigenvalue weighted by atomic mass is 16.6. The van der Waals surface area contributed by atoms with E-state index in [-0.39, 0.29) is 23.7 Å². The molecule has 0 aliphatic carbocycles. The van der Waals surface area contributed by atoms with E-state index in [0.717, 1.165) is 16.7 Å². The molecule has 0 bridgehead atoms. The van der Waals surface area contributed by atoms with Gasteiger partial charge in [-0.2, -0.15) is 0 Å². The second-order valence-electron chi connectivity index (χ2n) is 8.66. The molecule has 3 rings (SSSR count). The fraction of sp³-hybridized carbons (Fsp3) is 0.385. The van der Waals surface area contributed by atoms with Crippen molar-refractivity contribution in [1.29, 1.82) is 0 Å². The van der Waals surface area contributed by atoms with Crippen molar-refractivity contribution in [3.8, 4) is 0 Å². The van der Waals surface area contributed by atoms with E-state index in [9.17, 15) is 9.59 Å².